The van der Waals surface area contributed by atoms with E-state index in [0.29, 0.717) is 0 Å². The summed E-state index contributed by atoms with van der Waals surface area (Å²) in [5, 5.41) is 9.30. The molecule has 0 aromatic heterocycles. The monoisotopic (exact) mass is 319 g/mol. The molecule has 1 aromatic carbocycles. The van der Waals surface area contributed by atoms with E-state index in [1.807, 2.05) is 0 Å². The Hall–Kier alpha value is -1.05. The van der Waals surface area contributed by atoms with Crippen LogP contribution in [0.2, 0.25) is 0 Å². The van der Waals surface area contributed by atoms with Crippen LogP contribution in [-0.4, -0.2) is 26.7 Å². The van der Waals surface area contributed by atoms with Crippen LogP contribution in [0, 0.1) is 23.5 Å². The summed E-state index contributed by atoms with van der Waals surface area (Å²) in [5.74, 6) is -2.19. The van der Waals surface area contributed by atoms with Crippen molar-refractivity contribution in [3.05, 3.63) is 29.8 Å². The second kappa shape index (κ2) is 6.81. The summed E-state index contributed by atoms with van der Waals surface area (Å²) in [7, 11) is -4.23. The van der Waals surface area contributed by atoms with Crippen LogP contribution in [0.3, 0.4) is 0 Å². The molecule has 0 heterocycles. The van der Waals surface area contributed by atoms with Crippen LogP contribution in [0.25, 0.3) is 0 Å². The van der Waals surface area contributed by atoms with Crippen molar-refractivity contribution in [1.82, 2.24) is 4.72 Å². The maximum absolute atomic E-state index is 13.6. The number of halogens is 2. The smallest absolute Gasteiger partial charge is 0.246 e. The maximum atomic E-state index is 13.6. The molecular weight excluding hydrogens is 300 g/mol. The van der Waals surface area contributed by atoms with Gasteiger partial charge in [-0.05, 0) is 36.8 Å². The van der Waals surface area contributed by atoms with Crippen molar-refractivity contribution in [3.63, 3.8) is 0 Å². The van der Waals surface area contributed by atoms with Gasteiger partial charge >= 0.3 is 0 Å². The van der Waals surface area contributed by atoms with Crippen molar-refractivity contribution in [3.8, 4) is 0 Å². The molecule has 118 valence electrons. The van der Waals surface area contributed by atoms with E-state index in [1.54, 1.807) is 0 Å². The normalized spacial score (nSPS) is 23.2. The first-order valence-electron chi connectivity index (χ1n) is 7.00. The van der Waals surface area contributed by atoms with Crippen molar-refractivity contribution in [1.29, 1.82) is 0 Å². The summed E-state index contributed by atoms with van der Waals surface area (Å²) in [6.45, 7) is 0.0851. The zero-order valence-corrected chi connectivity index (χ0v) is 12.4. The molecule has 0 aliphatic heterocycles. The van der Waals surface area contributed by atoms with E-state index in [-0.39, 0.29) is 25.0 Å². The Labute approximate surface area is 123 Å². The first-order chi connectivity index (χ1) is 9.95. The van der Waals surface area contributed by atoms with E-state index < -0.39 is 26.6 Å². The van der Waals surface area contributed by atoms with Crippen LogP contribution >= 0.6 is 0 Å². The number of rotatable bonds is 5. The average molecular weight is 319 g/mol. The van der Waals surface area contributed by atoms with Gasteiger partial charge in [0.25, 0.3) is 0 Å². The number of benzene rings is 1. The highest BCUT2D eigenvalue weighted by Gasteiger charge is 2.28. The van der Waals surface area contributed by atoms with E-state index in [9.17, 15) is 22.3 Å². The zero-order valence-electron chi connectivity index (χ0n) is 11.6. The average Bonchev–Trinajstić information content (AvgIpc) is 2.45. The van der Waals surface area contributed by atoms with Crippen molar-refractivity contribution in [2.45, 2.75) is 30.6 Å². The Bertz CT molecular complexity index is 572. The van der Waals surface area contributed by atoms with E-state index in [4.69, 9.17) is 0 Å². The van der Waals surface area contributed by atoms with Crippen LogP contribution in [0.1, 0.15) is 25.7 Å². The summed E-state index contributed by atoms with van der Waals surface area (Å²) in [6, 6.07) is 2.94. The number of aliphatic hydroxyl groups excluding tert-OH is 1. The van der Waals surface area contributed by atoms with E-state index in [2.05, 4.69) is 4.72 Å². The molecule has 0 amide bonds. The SMILES string of the molecule is O=S(=O)(NCC1CCCCC1CO)c1c(F)cccc1F. The fraction of sp³-hybridized carbons (Fsp3) is 0.571. The van der Waals surface area contributed by atoms with Gasteiger partial charge in [-0.1, -0.05) is 18.9 Å². The summed E-state index contributed by atoms with van der Waals surface area (Å²) in [5.41, 5.74) is 0. The maximum Gasteiger partial charge on any atom is 0.246 e. The second-order valence-corrected chi connectivity index (χ2v) is 7.09. The van der Waals surface area contributed by atoms with E-state index in [1.165, 1.54) is 0 Å². The lowest BCUT2D eigenvalue weighted by Gasteiger charge is -2.30. The minimum Gasteiger partial charge on any atom is -0.396 e. The molecule has 4 nitrogen and oxygen atoms in total. The second-order valence-electron chi connectivity index (χ2n) is 5.39. The number of aliphatic hydroxyl groups is 1. The van der Waals surface area contributed by atoms with Crippen LogP contribution < -0.4 is 4.72 Å². The van der Waals surface area contributed by atoms with Crippen LogP contribution in [0.4, 0.5) is 8.78 Å². The first kappa shape index (κ1) is 16.3. The summed E-state index contributed by atoms with van der Waals surface area (Å²) < 4.78 is 53.5. The lowest BCUT2D eigenvalue weighted by molar-refractivity contribution is 0.136. The van der Waals surface area contributed by atoms with Gasteiger partial charge in [-0.15, -0.1) is 0 Å². The fourth-order valence-electron chi connectivity index (χ4n) is 2.82. The molecule has 2 atom stereocenters. The van der Waals surface area contributed by atoms with Gasteiger partial charge in [0.05, 0.1) is 0 Å². The molecular formula is C14H19F2NO3S. The highest BCUT2D eigenvalue weighted by atomic mass is 32.2. The standard InChI is InChI=1S/C14H19F2NO3S/c15-12-6-3-7-13(16)14(12)21(19,20)17-8-10-4-1-2-5-11(10)9-18/h3,6-7,10-11,17-18H,1-2,4-5,8-9H2. The Morgan fingerprint density at radius 3 is 2.29 bits per heavy atom. The first-order valence-corrected chi connectivity index (χ1v) is 8.48. The molecule has 1 fully saturated rings. The van der Waals surface area contributed by atoms with E-state index >= 15 is 0 Å². The molecule has 2 N–H and O–H groups in total. The Morgan fingerprint density at radius 1 is 1.14 bits per heavy atom. The summed E-state index contributed by atoms with van der Waals surface area (Å²) in [6.07, 6.45) is 3.62. The van der Waals surface area contributed by atoms with Crippen LogP contribution in [0.5, 0.6) is 0 Å². The quantitative estimate of drug-likeness (QED) is 0.873. The third-order valence-electron chi connectivity index (χ3n) is 4.02. The molecule has 21 heavy (non-hydrogen) atoms. The lowest BCUT2D eigenvalue weighted by atomic mass is 9.80. The molecule has 2 rings (SSSR count). The number of hydrogen-bond donors (Lipinski definition) is 2. The number of nitrogens with one attached hydrogen (secondary N) is 1. The van der Waals surface area contributed by atoms with Crippen LogP contribution in [-0.2, 0) is 10.0 Å². The number of hydrogen-bond acceptors (Lipinski definition) is 3. The van der Waals surface area contributed by atoms with Gasteiger partial charge in [-0.3, -0.25) is 0 Å². The molecule has 0 radical (unpaired) electrons. The van der Waals surface area contributed by atoms with Gasteiger partial charge in [0, 0.05) is 13.2 Å². The van der Waals surface area contributed by atoms with Gasteiger partial charge in [-0.2, -0.15) is 0 Å². The Kier molecular flexibility index (Phi) is 5.29. The largest absolute Gasteiger partial charge is 0.396 e. The van der Waals surface area contributed by atoms with Crippen LogP contribution in [0.15, 0.2) is 23.1 Å². The highest BCUT2D eigenvalue weighted by Crippen LogP contribution is 2.29. The number of sulfonamides is 1. The highest BCUT2D eigenvalue weighted by molar-refractivity contribution is 7.89. The van der Waals surface area contributed by atoms with Gasteiger partial charge in [0.1, 0.15) is 11.6 Å². The molecule has 1 aliphatic carbocycles. The summed E-state index contributed by atoms with van der Waals surface area (Å²) in [4.78, 5) is -0.943. The topological polar surface area (TPSA) is 66.4 Å². The van der Waals surface area contributed by atoms with Crippen molar-refractivity contribution in [2.75, 3.05) is 13.2 Å². The molecule has 2 unspecified atom stereocenters. The van der Waals surface area contributed by atoms with Gasteiger partial charge in [0.15, 0.2) is 4.90 Å². The molecule has 0 saturated heterocycles. The van der Waals surface area contributed by atoms with Gasteiger partial charge < -0.3 is 5.11 Å². The van der Waals surface area contributed by atoms with Crippen molar-refractivity contribution >= 4 is 10.0 Å². The van der Waals surface area contributed by atoms with Crippen molar-refractivity contribution < 1.29 is 22.3 Å². The summed E-state index contributed by atoms with van der Waals surface area (Å²) >= 11 is 0. The third kappa shape index (κ3) is 3.78. The molecule has 1 saturated carbocycles. The van der Waals surface area contributed by atoms with Gasteiger partial charge in [0.2, 0.25) is 10.0 Å². The third-order valence-corrected chi connectivity index (χ3v) is 5.50. The molecule has 1 aliphatic rings. The molecule has 0 bridgehead atoms. The predicted octanol–water partition coefficient (Wildman–Crippen LogP) is 2.04. The molecule has 0 spiro atoms. The van der Waals surface area contributed by atoms with E-state index in [0.717, 1.165) is 43.9 Å². The van der Waals surface area contributed by atoms with Crippen molar-refractivity contribution in [2.24, 2.45) is 11.8 Å². The minimum absolute atomic E-state index is 0.000450. The zero-order chi connectivity index (χ0) is 15.5. The minimum atomic E-state index is -4.23. The fourth-order valence-corrected chi connectivity index (χ4v) is 4.05. The Morgan fingerprint density at radius 2 is 1.71 bits per heavy atom. The van der Waals surface area contributed by atoms with Gasteiger partial charge in [-0.25, -0.2) is 21.9 Å². The lowest BCUT2D eigenvalue weighted by Crippen LogP contribution is -2.36. The Balaban J connectivity index is 2.11. The predicted molar refractivity (Wildman–Crippen MR) is 74.1 cm³/mol. The molecule has 1 aromatic rings. The molecule has 7 heteroatoms.